The minimum absolute atomic E-state index is 0.429. The van der Waals surface area contributed by atoms with Crippen LogP contribution in [-0.4, -0.2) is 31.7 Å². The number of methoxy groups -OCH3 is 1. The van der Waals surface area contributed by atoms with Crippen molar-refractivity contribution in [2.75, 3.05) is 7.11 Å². The molecule has 1 saturated heterocycles. The fourth-order valence-corrected chi connectivity index (χ4v) is 2.29. The van der Waals surface area contributed by atoms with Crippen molar-refractivity contribution in [3.05, 3.63) is 30.9 Å². The smallest absolute Gasteiger partial charge is 0.497 e. The molecule has 0 aromatic heterocycles. The molecule has 0 aliphatic carbocycles. The second-order valence-corrected chi connectivity index (χ2v) is 6.67. The van der Waals surface area contributed by atoms with Crippen LogP contribution < -0.4 is 20.7 Å². The molecule has 1 aliphatic rings. The molecule has 2 rings (SSSR count). The Labute approximate surface area is 138 Å². The van der Waals surface area contributed by atoms with Crippen LogP contribution in [0.5, 0.6) is 11.5 Å². The first-order valence-corrected chi connectivity index (χ1v) is 7.77. The number of rotatable bonds is 6. The molecule has 23 heavy (non-hydrogen) atoms. The Bertz CT molecular complexity index is 558. The predicted octanol–water partition coefficient (Wildman–Crippen LogP) is 2.23. The second-order valence-electron chi connectivity index (χ2n) is 6.67. The molecule has 0 amide bonds. The molecule has 0 saturated carbocycles. The molecule has 0 radical (unpaired) electrons. The fraction of sp³-hybridized carbons (Fsp3) is 0.529. The summed E-state index contributed by atoms with van der Waals surface area (Å²) in [5.41, 5.74) is 5.86. The third-order valence-corrected chi connectivity index (χ3v) is 4.40. The van der Waals surface area contributed by atoms with Crippen molar-refractivity contribution in [3.8, 4) is 11.5 Å². The maximum Gasteiger partial charge on any atom is 0.498 e. The fourth-order valence-electron chi connectivity index (χ4n) is 2.29. The van der Waals surface area contributed by atoms with E-state index in [-0.39, 0.29) is 0 Å². The van der Waals surface area contributed by atoms with Crippen LogP contribution in [0.15, 0.2) is 30.9 Å². The van der Waals surface area contributed by atoms with Gasteiger partial charge in [-0.15, -0.1) is 6.58 Å². The summed E-state index contributed by atoms with van der Waals surface area (Å²) in [4.78, 5) is 0. The van der Waals surface area contributed by atoms with E-state index in [4.69, 9.17) is 24.5 Å². The quantitative estimate of drug-likeness (QED) is 0.495. The van der Waals surface area contributed by atoms with Crippen LogP contribution in [-0.2, 0) is 9.31 Å². The molecule has 1 aromatic carbocycles. The van der Waals surface area contributed by atoms with E-state index in [9.17, 15) is 0 Å². The number of hydrogen-bond acceptors (Lipinski definition) is 5. The highest BCUT2D eigenvalue weighted by atomic mass is 16.7. The van der Waals surface area contributed by atoms with Crippen LogP contribution in [0.2, 0.25) is 0 Å². The minimum Gasteiger partial charge on any atom is -0.497 e. The summed E-state index contributed by atoms with van der Waals surface area (Å²) in [6, 6.07) is 5.50. The van der Waals surface area contributed by atoms with Crippen molar-refractivity contribution in [3.63, 3.8) is 0 Å². The zero-order valence-corrected chi connectivity index (χ0v) is 14.6. The molecule has 1 heterocycles. The summed E-state index contributed by atoms with van der Waals surface area (Å²) in [5, 5.41) is 0. The minimum atomic E-state index is -0.541. The zero-order valence-electron chi connectivity index (χ0n) is 14.6. The molecule has 2 N–H and O–H groups in total. The van der Waals surface area contributed by atoms with Gasteiger partial charge in [0.2, 0.25) is 0 Å². The van der Waals surface area contributed by atoms with E-state index in [1.807, 2.05) is 45.9 Å². The van der Waals surface area contributed by atoms with E-state index < -0.39 is 24.5 Å². The van der Waals surface area contributed by atoms with Crippen LogP contribution in [0.25, 0.3) is 0 Å². The molecule has 1 unspecified atom stereocenters. The van der Waals surface area contributed by atoms with Gasteiger partial charge in [0.15, 0.2) is 6.23 Å². The molecule has 0 bridgehead atoms. The first-order valence-electron chi connectivity index (χ1n) is 7.77. The Morgan fingerprint density at radius 1 is 1.26 bits per heavy atom. The molecular weight excluding hydrogens is 293 g/mol. The van der Waals surface area contributed by atoms with Gasteiger partial charge in [0, 0.05) is 11.9 Å². The van der Waals surface area contributed by atoms with E-state index in [1.54, 1.807) is 13.2 Å². The molecule has 0 spiro atoms. The normalized spacial score (nSPS) is 20.2. The van der Waals surface area contributed by atoms with Crippen LogP contribution in [0.3, 0.4) is 0 Å². The zero-order chi connectivity index (χ0) is 17.3. The summed E-state index contributed by atoms with van der Waals surface area (Å²) in [6.45, 7) is 11.7. The number of hydrogen-bond donors (Lipinski definition) is 1. The second kappa shape index (κ2) is 6.55. The Kier molecular flexibility index (Phi) is 5.09. The maximum absolute atomic E-state index is 6.11. The summed E-state index contributed by atoms with van der Waals surface area (Å²) in [7, 11) is 1.08. The lowest BCUT2D eigenvalue weighted by atomic mass is 9.78. The van der Waals surface area contributed by atoms with Crippen molar-refractivity contribution in [1.29, 1.82) is 0 Å². The van der Waals surface area contributed by atoms with Gasteiger partial charge in [-0.2, -0.15) is 0 Å². The highest BCUT2D eigenvalue weighted by molar-refractivity contribution is 6.63. The van der Waals surface area contributed by atoms with Gasteiger partial charge in [0.1, 0.15) is 11.5 Å². The van der Waals surface area contributed by atoms with Crippen molar-refractivity contribution < 1.29 is 18.8 Å². The highest BCUT2D eigenvalue weighted by Crippen LogP contribution is 2.37. The molecule has 1 fully saturated rings. The number of ether oxygens (including phenoxy) is 2. The van der Waals surface area contributed by atoms with Gasteiger partial charge in [-0.1, -0.05) is 6.08 Å². The lowest BCUT2D eigenvalue weighted by Gasteiger charge is -2.32. The predicted molar refractivity (Wildman–Crippen MR) is 92.1 cm³/mol. The molecule has 6 heteroatoms. The SMILES string of the molecule is C=CCC(N)Oc1ccc(OC)cc1B1OC(C)(C)C(C)(C)O1. The van der Waals surface area contributed by atoms with Gasteiger partial charge < -0.3 is 18.8 Å². The van der Waals surface area contributed by atoms with Gasteiger partial charge in [-0.3, -0.25) is 5.73 Å². The van der Waals surface area contributed by atoms with Gasteiger partial charge in [0.25, 0.3) is 0 Å². The van der Waals surface area contributed by atoms with Gasteiger partial charge in [-0.05, 0) is 45.9 Å². The topological polar surface area (TPSA) is 62.9 Å². The highest BCUT2D eigenvalue weighted by Gasteiger charge is 2.52. The summed E-state index contributed by atoms with van der Waals surface area (Å²) >= 11 is 0. The van der Waals surface area contributed by atoms with Gasteiger partial charge in [0.05, 0.1) is 18.3 Å². The van der Waals surface area contributed by atoms with Crippen LogP contribution >= 0.6 is 0 Å². The van der Waals surface area contributed by atoms with E-state index in [0.29, 0.717) is 17.9 Å². The Balaban J connectivity index is 2.34. The van der Waals surface area contributed by atoms with Gasteiger partial charge >= 0.3 is 7.12 Å². The summed E-state index contributed by atoms with van der Waals surface area (Å²) < 4.78 is 23.4. The molecule has 1 aromatic rings. The lowest BCUT2D eigenvalue weighted by molar-refractivity contribution is 0.00578. The van der Waals surface area contributed by atoms with Crippen molar-refractivity contribution >= 4 is 12.6 Å². The standard InChI is InChI=1S/C17H26BNO4/c1-7-8-15(19)21-14-10-9-12(20-6)11-13(14)18-22-16(2,3)17(4,5)23-18/h7,9-11,15H,1,8,19H2,2-6H3. The Morgan fingerprint density at radius 3 is 2.39 bits per heavy atom. The summed E-state index contributed by atoms with van der Waals surface area (Å²) in [5.74, 6) is 1.33. The van der Waals surface area contributed by atoms with E-state index in [0.717, 1.165) is 5.46 Å². The average molecular weight is 319 g/mol. The monoisotopic (exact) mass is 319 g/mol. The van der Waals surface area contributed by atoms with Crippen LogP contribution in [0.4, 0.5) is 0 Å². The third-order valence-electron chi connectivity index (χ3n) is 4.40. The molecule has 1 aliphatic heterocycles. The third kappa shape index (κ3) is 3.71. The van der Waals surface area contributed by atoms with E-state index >= 15 is 0 Å². The van der Waals surface area contributed by atoms with Crippen LogP contribution in [0.1, 0.15) is 34.1 Å². The lowest BCUT2D eigenvalue weighted by Crippen LogP contribution is -2.41. The number of nitrogens with two attached hydrogens (primary N) is 1. The van der Waals surface area contributed by atoms with Crippen LogP contribution in [0, 0.1) is 0 Å². The average Bonchev–Trinajstić information content (AvgIpc) is 2.68. The largest absolute Gasteiger partial charge is 0.498 e. The molecule has 1 atom stereocenters. The molecule has 126 valence electrons. The Morgan fingerprint density at radius 2 is 1.87 bits per heavy atom. The van der Waals surface area contributed by atoms with Crippen molar-refractivity contribution in [2.45, 2.75) is 51.5 Å². The van der Waals surface area contributed by atoms with E-state index in [2.05, 4.69) is 6.58 Å². The van der Waals surface area contributed by atoms with Crippen molar-refractivity contribution in [2.24, 2.45) is 5.73 Å². The maximum atomic E-state index is 6.11. The Hall–Kier alpha value is -1.50. The molecular formula is C17H26BNO4. The van der Waals surface area contributed by atoms with Crippen molar-refractivity contribution in [1.82, 2.24) is 0 Å². The van der Waals surface area contributed by atoms with E-state index in [1.165, 1.54) is 0 Å². The van der Waals surface area contributed by atoms with Gasteiger partial charge in [-0.25, -0.2) is 0 Å². The first kappa shape index (κ1) is 17.9. The first-order chi connectivity index (χ1) is 10.7. The summed E-state index contributed by atoms with van der Waals surface area (Å²) in [6.07, 6.45) is 1.80. The molecule has 5 nitrogen and oxygen atoms in total. The number of benzene rings is 1.